The second-order valence-electron chi connectivity index (χ2n) is 4.97. The first-order valence-corrected chi connectivity index (χ1v) is 6.46. The summed E-state index contributed by atoms with van der Waals surface area (Å²) in [4.78, 5) is 0. The molecule has 19 heavy (non-hydrogen) atoms. The maximum absolute atomic E-state index is 6.02. The fourth-order valence-electron chi connectivity index (χ4n) is 2.05. The molecule has 1 aromatic heterocycles. The van der Waals surface area contributed by atoms with E-state index in [1.165, 1.54) is 0 Å². The van der Waals surface area contributed by atoms with Crippen molar-refractivity contribution in [2.75, 3.05) is 11.5 Å². The van der Waals surface area contributed by atoms with Crippen LogP contribution in [0.25, 0.3) is 11.4 Å². The van der Waals surface area contributed by atoms with E-state index < -0.39 is 0 Å². The van der Waals surface area contributed by atoms with E-state index in [9.17, 15) is 0 Å². The Hall–Kier alpha value is -2.11. The van der Waals surface area contributed by atoms with E-state index in [-0.39, 0.29) is 5.54 Å². The molecule has 0 aliphatic heterocycles. The number of aromatic nitrogens is 4. The number of anilines is 2. The summed E-state index contributed by atoms with van der Waals surface area (Å²) in [7, 11) is 0. The topological polar surface area (TPSA) is 95.6 Å². The molecule has 1 aromatic carbocycles. The highest BCUT2D eigenvalue weighted by Gasteiger charge is 2.28. The van der Waals surface area contributed by atoms with Gasteiger partial charge in [-0.25, -0.2) is 4.68 Å². The van der Waals surface area contributed by atoms with E-state index in [0.29, 0.717) is 17.2 Å². The molecule has 0 bridgehead atoms. The van der Waals surface area contributed by atoms with Crippen molar-refractivity contribution in [2.45, 2.75) is 39.2 Å². The maximum Gasteiger partial charge on any atom is 0.184 e. The van der Waals surface area contributed by atoms with Crippen LogP contribution in [0.15, 0.2) is 18.2 Å². The number of nitrogens with two attached hydrogens (primary N) is 2. The van der Waals surface area contributed by atoms with Gasteiger partial charge in [-0.05, 0) is 48.4 Å². The first kappa shape index (κ1) is 13.3. The van der Waals surface area contributed by atoms with E-state index in [1.807, 2.05) is 10.7 Å². The van der Waals surface area contributed by atoms with Crippen molar-refractivity contribution in [2.24, 2.45) is 0 Å². The summed E-state index contributed by atoms with van der Waals surface area (Å²) >= 11 is 0. The summed E-state index contributed by atoms with van der Waals surface area (Å²) in [6, 6.07) is 5.39. The lowest BCUT2D eigenvalue weighted by atomic mass is 9.95. The van der Waals surface area contributed by atoms with Crippen molar-refractivity contribution in [3.63, 3.8) is 0 Å². The average molecular weight is 260 g/mol. The summed E-state index contributed by atoms with van der Waals surface area (Å²) < 4.78 is 1.86. The number of nitrogen functional groups attached to an aromatic ring is 2. The number of hydrogen-bond acceptors (Lipinski definition) is 5. The molecule has 0 atom stereocenters. The highest BCUT2D eigenvalue weighted by atomic mass is 15.6. The van der Waals surface area contributed by atoms with E-state index in [0.717, 1.165) is 18.4 Å². The van der Waals surface area contributed by atoms with Gasteiger partial charge in [0.05, 0.1) is 5.54 Å². The first-order valence-electron chi connectivity index (χ1n) is 6.46. The van der Waals surface area contributed by atoms with Crippen LogP contribution >= 0.6 is 0 Å². The largest absolute Gasteiger partial charge is 0.399 e. The molecule has 6 heteroatoms. The molecule has 0 fully saturated rings. The Balaban J connectivity index is 2.56. The zero-order valence-corrected chi connectivity index (χ0v) is 11.6. The molecule has 0 saturated heterocycles. The standard InChI is InChI=1S/C13H20N6/c1-4-13(3,5-2)19-12(16-17-18-19)10-7-6-9(14)8-11(10)15/h6-8H,4-5,14-15H2,1-3H3. The molecule has 0 unspecified atom stereocenters. The summed E-state index contributed by atoms with van der Waals surface area (Å²) in [6.07, 6.45) is 1.88. The second-order valence-corrected chi connectivity index (χ2v) is 4.97. The highest BCUT2D eigenvalue weighted by Crippen LogP contribution is 2.31. The molecular weight excluding hydrogens is 240 g/mol. The van der Waals surface area contributed by atoms with Crippen molar-refractivity contribution in [3.05, 3.63) is 18.2 Å². The summed E-state index contributed by atoms with van der Waals surface area (Å²) in [5.74, 6) is 0.684. The van der Waals surface area contributed by atoms with Gasteiger partial charge in [-0.1, -0.05) is 13.8 Å². The smallest absolute Gasteiger partial charge is 0.184 e. The van der Waals surface area contributed by atoms with Crippen molar-refractivity contribution < 1.29 is 0 Å². The maximum atomic E-state index is 6.02. The van der Waals surface area contributed by atoms with Gasteiger partial charge in [0.25, 0.3) is 0 Å². The molecule has 0 spiro atoms. The fourth-order valence-corrected chi connectivity index (χ4v) is 2.05. The quantitative estimate of drug-likeness (QED) is 0.820. The Morgan fingerprint density at radius 2 is 1.89 bits per heavy atom. The van der Waals surface area contributed by atoms with E-state index in [2.05, 4.69) is 36.3 Å². The van der Waals surface area contributed by atoms with Gasteiger partial charge in [0.1, 0.15) is 0 Å². The van der Waals surface area contributed by atoms with Gasteiger partial charge in [0.2, 0.25) is 0 Å². The molecule has 1 heterocycles. The average Bonchev–Trinajstić information content (AvgIpc) is 2.87. The van der Waals surface area contributed by atoms with Gasteiger partial charge in [-0.3, -0.25) is 0 Å². The van der Waals surface area contributed by atoms with Crippen LogP contribution in [0, 0.1) is 0 Å². The molecule has 0 aliphatic carbocycles. The second kappa shape index (κ2) is 4.87. The van der Waals surface area contributed by atoms with Crippen LogP contribution in [0.1, 0.15) is 33.6 Å². The van der Waals surface area contributed by atoms with Crippen LogP contribution in [-0.2, 0) is 5.54 Å². The Morgan fingerprint density at radius 1 is 1.21 bits per heavy atom. The van der Waals surface area contributed by atoms with E-state index in [4.69, 9.17) is 11.5 Å². The van der Waals surface area contributed by atoms with Crippen LogP contribution < -0.4 is 11.5 Å². The number of benzene rings is 1. The molecular formula is C13H20N6. The Kier molecular flexibility index (Phi) is 3.42. The summed E-state index contributed by atoms with van der Waals surface area (Å²) in [6.45, 7) is 6.39. The van der Waals surface area contributed by atoms with Gasteiger partial charge in [-0.2, -0.15) is 0 Å². The van der Waals surface area contributed by atoms with Crippen molar-refractivity contribution in [3.8, 4) is 11.4 Å². The van der Waals surface area contributed by atoms with Gasteiger partial charge in [-0.15, -0.1) is 5.10 Å². The molecule has 102 valence electrons. The van der Waals surface area contributed by atoms with Crippen LogP contribution in [0.5, 0.6) is 0 Å². The van der Waals surface area contributed by atoms with Crippen LogP contribution in [0.4, 0.5) is 11.4 Å². The minimum absolute atomic E-state index is 0.118. The third-order valence-corrected chi connectivity index (χ3v) is 3.82. The predicted molar refractivity (Wildman–Crippen MR) is 76.3 cm³/mol. The molecule has 2 aromatic rings. The van der Waals surface area contributed by atoms with Gasteiger partial charge >= 0.3 is 0 Å². The number of hydrogen-bond donors (Lipinski definition) is 2. The first-order chi connectivity index (χ1) is 9.01. The van der Waals surface area contributed by atoms with Crippen molar-refractivity contribution >= 4 is 11.4 Å². The van der Waals surface area contributed by atoms with Crippen LogP contribution in [0.3, 0.4) is 0 Å². The summed E-state index contributed by atoms with van der Waals surface area (Å²) in [5.41, 5.74) is 13.7. The van der Waals surface area contributed by atoms with Crippen molar-refractivity contribution in [1.82, 2.24) is 20.2 Å². The summed E-state index contributed by atoms with van der Waals surface area (Å²) in [5, 5.41) is 12.1. The normalized spacial score (nSPS) is 11.7. The molecule has 0 radical (unpaired) electrons. The minimum atomic E-state index is -0.118. The monoisotopic (exact) mass is 260 g/mol. The molecule has 0 aliphatic rings. The lowest BCUT2D eigenvalue weighted by Gasteiger charge is -2.27. The van der Waals surface area contributed by atoms with Crippen LogP contribution in [0.2, 0.25) is 0 Å². The zero-order chi connectivity index (χ0) is 14.0. The zero-order valence-electron chi connectivity index (χ0n) is 11.6. The molecule has 6 nitrogen and oxygen atoms in total. The third kappa shape index (κ3) is 2.25. The number of tetrazole rings is 1. The Bertz CT molecular complexity index is 570. The minimum Gasteiger partial charge on any atom is -0.399 e. The van der Waals surface area contributed by atoms with Crippen molar-refractivity contribution in [1.29, 1.82) is 0 Å². The molecule has 0 saturated carbocycles. The van der Waals surface area contributed by atoms with Gasteiger partial charge < -0.3 is 11.5 Å². The third-order valence-electron chi connectivity index (χ3n) is 3.82. The van der Waals surface area contributed by atoms with E-state index in [1.54, 1.807) is 12.1 Å². The molecule has 0 amide bonds. The van der Waals surface area contributed by atoms with Gasteiger partial charge in [0, 0.05) is 16.9 Å². The van der Waals surface area contributed by atoms with Crippen LogP contribution in [-0.4, -0.2) is 20.2 Å². The van der Waals surface area contributed by atoms with E-state index >= 15 is 0 Å². The van der Waals surface area contributed by atoms with Gasteiger partial charge in [0.15, 0.2) is 5.82 Å². The Labute approximate surface area is 112 Å². The number of nitrogens with zero attached hydrogens (tertiary/aromatic N) is 4. The molecule has 4 N–H and O–H groups in total. The lowest BCUT2D eigenvalue weighted by Crippen LogP contribution is -2.30. The predicted octanol–water partition coefficient (Wildman–Crippen LogP) is 2.04. The highest BCUT2D eigenvalue weighted by molar-refractivity contribution is 5.74. The Morgan fingerprint density at radius 3 is 2.47 bits per heavy atom. The fraction of sp³-hybridized carbons (Fsp3) is 0.462. The molecule has 2 rings (SSSR count). The SMILES string of the molecule is CCC(C)(CC)n1nnnc1-c1ccc(N)cc1N. The number of rotatable bonds is 4. The lowest BCUT2D eigenvalue weighted by molar-refractivity contribution is 0.262.